The number of fused-ring (bicyclic) bond motifs is 6. The van der Waals surface area contributed by atoms with E-state index < -0.39 is 8.07 Å². The standard InChI is InChI=1S/C66H46N2Si/c1-7-23-47(24-8-1)50-43-58(48-25-9-2-10-26-48)66(59(44-50)49-27-11-3-12-28-49)68-63-38-22-20-35-56(63)60-45-51(39-41-65(60)68)67-62-37-21-19-36-57(62)61-46-55(40-42-64(61)67)69(52-29-13-4-14-30-52,53-31-15-5-16-32-53)54-33-17-6-18-34-54/h1-46H. The molecule has 0 N–H and O–H groups in total. The van der Waals surface area contributed by atoms with Crippen molar-refractivity contribution in [2.75, 3.05) is 0 Å². The van der Waals surface area contributed by atoms with E-state index in [1.54, 1.807) is 0 Å². The Bertz CT molecular complexity index is 3820. The van der Waals surface area contributed by atoms with Crippen LogP contribution < -0.4 is 20.7 Å². The van der Waals surface area contributed by atoms with E-state index in [4.69, 9.17) is 0 Å². The Hall–Kier alpha value is -8.76. The Morgan fingerprint density at radius 3 is 1.12 bits per heavy atom. The fourth-order valence-electron chi connectivity index (χ4n) is 11.2. The molecule has 3 heteroatoms. The lowest BCUT2D eigenvalue weighted by molar-refractivity contribution is 1.17. The number of rotatable bonds is 9. The van der Waals surface area contributed by atoms with Crippen molar-refractivity contribution in [3.05, 3.63) is 279 Å². The summed E-state index contributed by atoms with van der Waals surface area (Å²) in [6.07, 6.45) is 0. The molecule has 0 aliphatic heterocycles. The molecule has 0 spiro atoms. The number of benzene rings is 11. The van der Waals surface area contributed by atoms with Gasteiger partial charge in [-0.1, -0.05) is 231 Å². The SMILES string of the molecule is c1ccc(-c2cc(-c3ccccc3)c(-n3c4ccccc4c4cc(-n5c6ccccc6c6cc([Si](c7ccccc7)(c7ccccc7)c7ccccc7)ccc65)ccc43)c(-c3ccccc3)c2)cc1. The van der Waals surface area contributed by atoms with Gasteiger partial charge in [0.2, 0.25) is 0 Å². The van der Waals surface area contributed by atoms with E-state index in [2.05, 4.69) is 288 Å². The van der Waals surface area contributed by atoms with Gasteiger partial charge in [0, 0.05) is 38.4 Å². The van der Waals surface area contributed by atoms with E-state index in [1.165, 1.54) is 97.9 Å². The Kier molecular flexibility index (Phi) is 9.88. The van der Waals surface area contributed by atoms with Crippen LogP contribution in [0.3, 0.4) is 0 Å². The summed E-state index contributed by atoms with van der Waals surface area (Å²) in [7, 11) is -2.76. The van der Waals surface area contributed by atoms with Crippen molar-refractivity contribution in [1.82, 2.24) is 9.13 Å². The minimum Gasteiger partial charge on any atom is -0.309 e. The van der Waals surface area contributed by atoms with Crippen molar-refractivity contribution < 1.29 is 0 Å². The zero-order valence-electron chi connectivity index (χ0n) is 38.0. The van der Waals surface area contributed by atoms with Crippen LogP contribution in [0.5, 0.6) is 0 Å². The first-order valence-corrected chi connectivity index (χ1v) is 25.8. The van der Waals surface area contributed by atoms with Crippen LogP contribution in [0, 0.1) is 0 Å². The van der Waals surface area contributed by atoms with Crippen LogP contribution in [0.15, 0.2) is 279 Å². The minimum atomic E-state index is -2.76. The van der Waals surface area contributed by atoms with E-state index >= 15 is 0 Å². The van der Waals surface area contributed by atoms with Gasteiger partial charge in [-0.15, -0.1) is 0 Å². The first-order chi connectivity index (χ1) is 34.3. The third kappa shape index (κ3) is 6.62. The first kappa shape index (κ1) is 40.5. The quantitative estimate of drug-likeness (QED) is 0.101. The minimum absolute atomic E-state index is 1.13. The molecule has 11 aromatic carbocycles. The number of hydrogen-bond acceptors (Lipinski definition) is 0. The molecule has 69 heavy (non-hydrogen) atoms. The van der Waals surface area contributed by atoms with Crippen LogP contribution >= 0.6 is 0 Å². The fraction of sp³-hybridized carbons (Fsp3) is 0. The highest BCUT2D eigenvalue weighted by atomic mass is 28.3. The van der Waals surface area contributed by atoms with Crippen molar-refractivity contribution in [2.24, 2.45) is 0 Å². The predicted octanol–water partition coefficient (Wildman–Crippen LogP) is 14.3. The molecule has 0 radical (unpaired) electrons. The second-order valence-electron chi connectivity index (χ2n) is 18.0. The first-order valence-electron chi connectivity index (χ1n) is 23.8. The third-order valence-electron chi connectivity index (χ3n) is 14.3. The Balaban J connectivity index is 1.06. The summed E-state index contributed by atoms with van der Waals surface area (Å²) >= 11 is 0. The summed E-state index contributed by atoms with van der Waals surface area (Å²) in [5.74, 6) is 0. The van der Waals surface area contributed by atoms with Crippen molar-refractivity contribution in [1.29, 1.82) is 0 Å². The average Bonchev–Trinajstić information content (AvgIpc) is 3.94. The topological polar surface area (TPSA) is 9.86 Å². The van der Waals surface area contributed by atoms with E-state index in [1.807, 2.05) is 0 Å². The highest BCUT2D eigenvalue weighted by Gasteiger charge is 2.41. The van der Waals surface area contributed by atoms with Gasteiger partial charge in [-0.25, -0.2) is 0 Å². The van der Waals surface area contributed by atoms with Gasteiger partial charge in [-0.05, 0) is 91.5 Å². The maximum absolute atomic E-state index is 2.76. The van der Waals surface area contributed by atoms with Gasteiger partial charge >= 0.3 is 0 Å². The maximum Gasteiger partial charge on any atom is 0.179 e. The molecule has 2 aromatic heterocycles. The Morgan fingerprint density at radius 1 is 0.232 bits per heavy atom. The van der Waals surface area contributed by atoms with Crippen LogP contribution in [0.4, 0.5) is 0 Å². The van der Waals surface area contributed by atoms with Crippen LogP contribution in [0.25, 0.3) is 88.4 Å². The van der Waals surface area contributed by atoms with Crippen molar-refractivity contribution in [3.8, 4) is 44.8 Å². The summed E-state index contributed by atoms with van der Waals surface area (Å²) in [4.78, 5) is 0. The molecule has 0 aliphatic rings. The molecule has 13 aromatic rings. The summed E-state index contributed by atoms with van der Waals surface area (Å²) < 4.78 is 5.00. The Labute approximate surface area is 403 Å². The van der Waals surface area contributed by atoms with Gasteiger partial charge in [-0.3, -0.25) is 0 Å². The molecule has 13 rings (SSSR count). The second kappa shape index (κ2) is 16.8. The fourth-order valence-corrected chi connectivity index (χ4v) is 16.0. The third-order valence-corrected chi connectivity index (χ3v) is 19.0. The summed E-state index contributed by atoms with van der Waals surface area (Å²) in [5, 5.41) is 10.4. The lowest BCUT2D eigenvalue weighted by Gasteiger charge is -2.34. The molecule has 2 heterocycles. The molecule has 0 bridgehead atoms. The van der Waals surface area contributed by atoms with Gasteiger partial charge in [0.15, 0.2) is 8.07 Å². The monoisotopic (exact) mass is 894 g/mol. The number of para-hydroxylation sites is 2. The maximum atomic E-state index is 2.52. The zero-order chi connectivity index (χ0) is 45.7. The summed E-state index contributed by atoms with van der Waals surface area (Å²) in [5.41, 5.74) is 14.1. The molecular formula is C66H46N2Si. The second-order valence-corrected chi connectivity index (χ2v) is 21.8. The molecular weight excluding hydrogens is 849 g/mol. The van der Waals surface area contributed by atoms with E-state index in [-0.39, 0.29) is 0 Å². The highest BCUT2D eigenvalue weighted by Crippen LogP contribution is 2.44. The van der Waals surface area contributed by atoms with Crippen molar-refractivity contribution in [3.63, 3.8) is 0 Å². The van der Waals surface area contributed by atoms with Crippen LogP contribution in [-0.2, 0) is 0 Å². The predicted molar refractivity (Wildman–Crippen MR) is 295 cm³/mol. The lowest BCUT2D eigenvalue weighted by atomic mass is 9.90. The van der Waals surface area contributed by atoms with E-state index in [0.717, 1.165) is 11.2 Å². The molecule has 0 amide bonds. The summed E-state index contributed by atoms with van der Waals surface area (Å²) in [6, 6.07) is 103. The van der Waals surface area contributed by atoms with Gasteiger partial charge in [-0.2, -0.15) is 0 Å². The Morgan fingerprint density at radius 2 is 0.609 bits per heavy atom. The smallest absolute Gasteiger partial charge is 0.179 e. The van der Waals surface area contributed by atoms with Crippen LogP contribution in [0.2, 0.25) is 0 Å². The number of aromatic nitrogens is 2. The van der Waals surface area contributed by atoms with E-state index in [9.17, 15) is 0 Å². The molecule has 0 saturated heterocycles. The molecule has 0 saturated carbocycles. The highest BCUT2D eigenvalue weighted by molar-refractivity contribution is 7.20. The van der Waals surface area contributed by atoms with Gasteiger partial charge in [0.05, 0.1) is 27.8 Å². The number of nitrogens with zero attached hydrogens (tertiary/aromatic N) is 2. The van der Waals surface area contributed by atoms with E-state index in [0.29, 0.717) is 0 Å². The number of hydrogen-bond donors (Lipinski definition) is 0. The van der Waals surface area contributed by atoms with Gasteiger partial charge in [0.25, 0.3) is 0 Å². The molecule has 0 aliphatic carbocycles. The van der Waals surface area contributed by atoms with Crippen LogP contribution in [0.1, 0.15) is 0 Å². The molecule has 0 fully saturated rings. The summed E-state index contributed by atoms with van der Waals surface area (Å²) in [6.45, 7) is 0. The normalized spacial score (nSPS) is 11.8. The largest absolute Gasteiger partial charge is 0.309 e. The van der Waals surface area contributed by atoms with Gasteiger partial charge < -0.3 is 9.13 Å². The molecule has 0 atom stereocenters. The zero-order valence-corrected chi connectivity index (χ0v) is 39.0. The lowest BCUT2D eigenvalue weighted by Crippen LogP contribution is -2.74. The molecule has 0 unspecified atom stereocenters. The van der Waals surface area contributed by atoms with Gasteiger partial charge in [0.1, 0.15) is 0 Å². The van der Waals surface area contributed by atoms with Crippen molar-refractivity contribution in [2.45, 2.75) is 0 Å². The van der Waals surface area contributed by atoms with Crippen LogP contribution in [-0.4, -0.2) is 17.2 Å². The average molecular weight is 895 g/mol. The molecule has 324 valence electrons. The molecule has 2 nitrogen and oxygen atoms in total. The van der Waals surface area contributed by atoms with Crippen molar-refractivity contribution >= 4 is 72.4 Å².